The van der Waals surface area contributed by atoms with E-state index in [9.17, 15) is 39.7 Å². The maximum Gasteiger partial charge on any atom is 0.243 e. The maximum atomic E-state index is 15.0. The number of hydrogen-bond donors (Lipinski definition) is 6. The highest BCUT2D eigenvalue weighted by atomic mass is 31.2. The molecule has 0 spiro atoms. The Morgan fingerprint density at radius 2 is 1.11 bits per heavy atom. The number of ether oxygens (including phenoxy) is 6. The van der Waals surface area contributed by atoms with Crippen LogP contribution in [-0.2, 0) is 37.8 Å². The first-order valence-corrected chi connectivity index (χ1v) is 29.2. The van der Waals surface area contributed by atoms with Crippen molar-refractivity contribution < 1.29 is 68.1 Å². The molecule has 426 valence electrons. The number of aliphatic hydroxyl groups excluding tert-OH is 4. The Kier molecular flexibility index (Phi) is 19.3. The summed E-state index contributed by atoms with van der Waals surface area (Å²) in [6.45, 7) is 11.0. The highest BCUT2D eigenvalue weighted by Gasteiger charge is 2.40. The molecule has 5 aromatic carbocycles. The van der Waals surface area contributed by atoms with Gasteiger partial charge in [0.2, 0.25) is 18.6 Å². The molecule has 1 amide bonds. The highest BCUT2D eigenvalue weighted by Crippen LogP contribution is 2.48. The molecule has 3 aliphatic heterocycles. The van der Waals surface area contributed by atoms with E-state index in [1.807, 2.05) is 76.2 Å². The van der Waals surface area contributed by atoms with Crippen LogP contribution in [0.5, 0.6) is 5.75 Å². The standard InChI is InChI=1S/C61H73N4O14P/c1-6-56(71)62-35-57-76-48(34-49(77-57)33-45(69)32-47-25-38(4)74-60(78-47)40-21-22-55(70)54(27-40)65-63-52-19-13-14-20-53(52)64-65)31-44(68)29-42(66)28-43(67)30-46-26-39(5)75-61(79-46)41-23-36(2)58(37(3)24-41)59(72)80(73,50-15-9-7-10-16-50)51-17-11-8-12-18-51/h6-24,27,38-39,42-49,57,60-61,66-70H,1,25-26,28-35H2,2-5H3,(H,62,71). The van der Waals surface area contributed by atoms with Crippen molar-refractivity contribution in [1.29, 1.82) is 0 Å². The summed E-state index contributed by atoms with van der Waals surface area (Å²) in [6.07, 6.45) is -5.82. The van der Waals surface area contributed by atoms with Gasteiger partial charge >= 0.3 is 0 Å². The van der Waals surface area contributed by atoms with Gasteiger partial charge in [-0.05, 0) is 121 Å². The van der Waals surface area contributed by atoms with Crippen LogP contribution in [0.15, 0.2) is 128 Å². The van der Waals surface area contributed by atoms with E-state index in [1.54, 1.807) is 66.7 Å². The van der Waals surface area contributed by atoms with Gasteiger partial charge in [0.05, 0.1) is 67.6 Å². The van der Waals surface area contributed by atoms with Crippen molar-refractivity contribution in [2.75, 3.05) is 6.54 Å². The van der Waals surface area contributed by atoms with Crippen LogP contribution in [0, 0.1) is 13.8 Å². The number of amides is 1. The molecular formula is C61H73N4O14P. The van der Waals surface area contributed by atoms with E-state index in [0.717, 1.165) is 6.08 Å². The Labute approximate surface area is 466 Å². The average Bonchev–Trinajstić information content (AvgIpc) is 3.86. The maximum absolute atomic E-state index is 15.0. The van der Waals surface area contributed by atoms with Gasteiger partial charge in [0, 0.05) is 33.7 Å². The van der Waals surface area contributed by atoms with Gasteiger partial charge in [-0.25, -0.2) is 0 Å². The number of aromatic hydroxyl groups is 1. The summed E-state index contributed by atoms with van der Waals surface area (Å²) in [4.78, 5) is 28.0. The van der Waals surface area contributed by atoms with Gasteiger partial charge in [-0.2, -0.15) is 0 Å². The van der Waals surface area contributed by atoms with Crippen LogP contribution in [-0.4, -0.2) is 126 Å². The smallest absolute Gasteiger partial charge is 0.243 e. The molecule has 18 nitrogen and oxygen atoms in total. The summed E-state index contributed by atoms with van der Waals surface area (Å²) in [6, 6.07) is 33.7. The summed E-state index contributed by atoms with van der Waals surface area (Å²) in [5, 5.41) is 68.8. The molecule has 9 rings (SSSR count). The number of phenols is 1. The summed E-state index contributed by atoms with van der Waals surface area (Å²) in [5.74, 6) is -0.443. The first kappa shape index (κ1) is 58.7. The van der Waals surface area contributed by atoms with Crippen molar-refractivity contribution in [3.8, 4) is 11.4 Å². The van der Waals surface area contributed by atoms with Crippen LogP contribution in [0.1, 0.15) is 117 Å². The molecule has 3 saturated heterocycles. The molecule has 3 aliphatic rings. The lowest BCUT2D eigenvalue weighted by Crippen LogP contribution is -2.46. The van der Waals surface area contributed by atoms with Crippen molar-refractivity contribution >= 4 is 40.2 Å². The van der Waals surface area contributed by atoms with Crippen LogP contribution < -0.4 is 15.9 Å². The fourth-order valence-electron chi connectivity index (χ4n) is 11.3. The Balaban J connectivity index is 0.776. The number of aryl methyl sites for hydroxylation is 2. The van der Waals surface area contributed by atoms with Gasteiger partial charge < -0.3 is 63.8 Å². The van der Waals surface area contributed by atoms with E-state index in [0.29, 0.717) is 74.4 Å². The number of benzene rings is 5. The van der Waals surface area contributed by atoms with E-state index in [4.69, 9.17) is 28.4 Å². The SMILES string of the molecule is C=CC(=O)NCC1OC(CC(O)CC(O)CC(O)CC2CC(C)OC(c3cc(C)c(C(=O)P(=O)(c4ccccc4)c4ccccc4)c(C)c3)O2)CC(CC(O)CC2CC(C)OC(c3ccc(O)c(-n4nc5ccccc5n4)c3)O2)O1. The monoisotopic (exact) mass is 1120 g/mol. The highest BCUT2D eigenvalue weighted by molar-refractivity contribution is 7.93. The first-order valence-electron chi connectivity index (χ1n) is 27.5. The molecule has 1 aromatic heterocycles. The molecule has 13 atom stereocenters. The van der Waals surface area contributed by atoms with Crippen molar-refractivity contribution in [2.45, 2.75) is 165 Å². The summed E-state index contributed by atoms with van der Waals surface area (Å²) < 4.78 is 52.7. The van der Waals surface area contributed by atoms with Gasteiger partial charge in [0.15, 0.2) is 18.9 Å². The van der Waals surface area contributed by atoms with E-state index >= 15 is 0 Å². The van der Waals surface area contributed by atoms with Crippen LogP contribution in [0.4, 0.5) is 0 Å². The van der Waals surface area contributed by atoms with Crippen molar-refractivity contribution in [3.05, 3.63) is 156 Å². The first-order chi connectivity index (χ1) is 38.4. The molecule has 4 heterocycles. The molecular weight excluding hydrogens is 1040 g/mol. The third kappa shape index (κ3) is 14.4. The second-order valence-corrected chi connectivity index (χ2v) is 24.2. The lowest BCUT2D eigenvalue weighted by Gasteiger charge is -2.38. The second kappa shape index (κ2) is 26.3. The minimum absolute atomic E-state index is 0.00946. The number of phenolic OH excluding ortho intramolecular Hbond substituents is 1. The quantitative estimate of drug-likeness (QED) is 0.0283. The fourth-order valence-corrected chi connectivity index (χ4v) is 13.9. The molecule has 19 heteroatoms. The van der Waals surface area contributed by atoms with Crippen molar-refractivity contribution in [3.63, 3.8) is 0 Å². The lowest BCUT2D eigenvalue weighted by molar-refractivity contribution is -0.256. The molecule has 6 N–H and O–H groups in total. The number of aromatic nitrogens is 3. The van der Waals surface area contributed by atoms with Crippen molar-refractivity contribution in [1.82, 2.24) is 20.3 Å². The number of nitrogens with one attached hydrogen (secondary N) is 1. The lowest BCUT2D eigenvalue weighted by atomic mass is 9.94. The van der Waals surface area contributed by atoms with Crippen LogP contribution >= 0.6 is 7.14 Å². The van der Waals surface area contributed by atoms with Gasteiger partial charge in [0.1, 0.15) is 22.5 Å². The molecule has 80 heavy (non-hydrogen) atoms. The largest absolute Gasteiger partial charge is 0.506 e. The van der Waals surface area contributed by atoms with Crippen LogP contribution in [0.3, 0.4) is 0 Å². The fraction of sp³-hybridized carbons (Fsp3) is 0.443. The molecule has 0 aliphatic carbocycles. The van der Waals surface area contributed by atoms with Crippen molar-refractivity contribution in [2.24, 2.45) is 0 Å². The Hall–Kier alpha value is -5.99. The predicted molar refractivity (Wildman–Crippen MR) is 299 cm³/mol. The molecule has 0 bridgehead atoms. The molecule has 13 unspecified atom stereocenters. The second-order valence-electron chi connectivity index (χ2n) is 21.5. The Morgan fingerprint density at radius 3 is 1.62 bits per heavy atom. The summed E-state index contributed by atoms with van der Waals surface area (Å²) >= 11 is 0. The number of carbonyl (C=O) groups is 2. The summed E-state index contributed by atoms with van der Waals surface area (Å²) in [7, 11) is -3.76. The van der Waals surface area contributed by atoms with Gasteiger partial charge in [-0.1, -0.05) is 97.6 Å². The zero-order valence-corrected chi connectivity index (χ0v) is 46.4. The Morgan fingerprint density at radius 1 is 0.637 bits per heavy atom. The molecule has 6 aromatic rings. The Bertz CT molecular complexity index is 3030. The van der Waals surface area contributed by atoms with E-state index in [-0.39, 0.29) is 63.0 Å². The number of rotatable bonds is 22. The molecule has 3 fully saturated rings. The normalized spacial score (nSPS) is 25.1. The third-order valence-electron chi connectivity index (χ3n) is 14.9. The van der Waals surface area contributed by atoms with E-state index in [2.05, 4.69) is 22.1 Å². The number of hydrogen-bond acceptors (Lipinski definition) is 16. The predicted octanol–water partition coefficient (Wildman–Crippen LogP) is 7.57. The van der Waals surface area contributed by atoms with Crippen LogP contribution in [0.25, 0.3) is 16.7 Å². The molecule has 0 saturated carbocycles. The average molecular weight is 1120 g/mol. The minimum Gasteiger partial charge on any atom is -0.506 e. The van der Waals surface area contributed by atoms with E-state index in [1.165, 1.54) is 4.80 Å². The third-order valence-corrected chi connectivity index (χ3v) is 17.8. The zero-order valence-electron chi connectivity index (χ0n) is 45.5. The minimum atomic E-state index is -3.76. The molecule has 0 radical (unpaired) electrons. The number of nitrogens with zero attached hydrogens (tertiary/aromatic N) is 3. The van der Waals surface area contributed by atoms with Crippen LogP contribution in [0.2, 0.25) is 0 Å². The summed E-state index contributed by atoms with van der Waals surface area (Å²) in [5.41, 5.74) is 4.19. The number of fused-ring (bicyclic) bond motifs is 1. The van der Waals surface area contributed by atoms with Gasteiger partial charge in [-0.3, -0.25) is 9.59 Å². The number of carbonyl (C=O) groups excluding carboxylic acids is 2. The topological polar surface area (TPSA) is 250 Å². The zero-order chi connectivity index (χ0) is 56.7. The van der Waals surface area contributed by atoms with Gasteiger partial charge in [0.25, 0.3) is 0 Å². The van der Waals surface area contributed by atoms with E-state index < -0.39 is 86.3 Å². The van der Waals surface area contributed by atoms with Gasteiger partial charge in [-0.15, -0.1) is 15.0 Å². The number of aliphatic hydroxyl groups is 4.